The lowest BCUT2D eigenvalue weighted by atomic mass is 10.1. The van der Waals surface area contributed by atoms with E-state index < -0.39 is 0 Å². The van der Waals surface area contributed by atoms with E-state index in [-0.39, 0.29) is 23.8 Å². The Morgan fingerprint density at radius 3 is 2.38 bits per heavy atom. The number of nitrogens with zero attached hydrogens (tertiary/aromatic N) is 2. The number of aryl methyl sites for hydroxylation is 2. The van der Waals surface area contributed by atoms with Gasteiger partial charge in [0.25, 0.3) is 0 Å². The van der Waals surface area contributed by atoms with Crippen molar-refractivity contribution in [2.24, 2.45) is 0 Å². The van der Waals surface area contributed by atoms with Crippen LogP contribution in [0.25, 0.3) is 11.0 Å². The van der Waals surface area contributed by atoms with Crippen LogP contribution in [0.3, 0.4) is 0 Å². The predicted molar refractivity (Wildman–Crippen MR) is 116 cm³/mol. The Hall–Kier alpha value is -2.69. The normalized spacial score (nSPS) is 13.4. The minimum Gasteiger partial charge on any atom is -0.352 e. The highest BCUT2D eigenvalue weighted by molar-refractivity contribution is 5.85. The molecule has 1 amide bonds. The summed E-state index contributed by atoms with van der Waals surface area (Å²) in [7, 11) is 0. The third-order valence-corrected chi connectivity index (χ3v) is 5.66. The number of hydrogen-bond donors (Lipinski definition) is 1. The van der Waals surface area contributed by atoms with Gasteiger partial charge in [0.15, 0.2) is 0 Å². The van der Waals surface area contributed by atoms with Crippen molar-refractivity contribution in [1.82, 2.24) is 14.9 Å². The number of benzene rings is 2. The third-order valence-electron chi connectivity index (χ3n) is 5.66. The van der Waals surface area contributed by atoms with Crippen LogP contribution >= 0.6 is 0 Å². The topological polar surface area (TPSA) is 46.9 Å². The largest absolute Gasteiger partial charge is 0.352 e. The van der Waals surface area contributed by atoms with Gasteiger partial charge in [0.1, 0.15) is 17.7 Å². The molecule has 0 saturated heterocycles. The Labute approximate surface area is 172 Å². The van der Waals surface area contributed by atoms with Crippen LogP contribution in [0.4, 0.5) is 4.39 Å². The molecule has 0 aliphatic carbocycles. The first kappa shape index (κ1) is 21.0. The number of carbonyl (C=O) groups is 1. The van der Waals surface area contributed by atoms with E-state index in [1.807, 2.05) is 13.8 Å². The fourth-order valence-electron chi connectivity index (χ4n) is 3.58. The second-order valence-electron chi connectivity index (χ2n) is 7.87. The number of halogens is 1. The minimum absolute atomic E-state index is 0.0136. The molecule has 154 valence electrons. The number of imidazole rings is 1. The summed E-state index contributed by atoms with van der Waals surface area (Å²) in [6.07, 6.45) is 2.09. The van der Waals surface area contributed by atoms with Crippen molar-refractivity contribution in [2.75, 3.05) is 0 Å². The molecular weight excluding hydrogens is 365 g/mol. The Morgan fingerprint density at radius 1 is 1.10 bits per heavy atom. The summed E-state index contributed by atoms with van der Waals surface area (Å²) in [4.78, 5) is 17.9. The summed E-state index contributed by atoms with van der Waals surface area (Å²) in [5.74, 6) is 0.579. The van der Waals surface area contributed by atoms with Crippen LogP contribution in [0.1, 0.15) is 62.2 Å². The summed E-state index contributed by atoms with van der Waals surface area (Å²) in [5, 5.41) is 3.12. The Bertz CT molecular complexity index is 1010. The summed E-state index contributed by atoms with van der Waals surface area (Å²) in [5.41, 5.74) is 5.17. The number of hydrogen-bond acceptors (Lipinski definition) is 2. The zero-order valence-electron chi connectivity index (χ0n) is 17.9. The molecule has 3 aromatic rings. The maximum atomic E-state index is 13.3. The van der Waals surface area contributed by atoms with Crippen LogP contribution in [-0.4, -0.2) is 21.5 Å². The van der Waals surface area contributed by atoms with Crippen molar-refractivity contribution in [3.63, 3.8) is 0 Å². The van der Waals surface area contributed by atoms with E-state index in [0.29, 0.717) is 12.8 Å². The number of amides is 1. The second kappa shape index (κ2) is 8.76. The number of fused-ring (bicyclic) bond motifs is 1. The molecule has 0 aliphatic heterocycles. The van der Waals surface area contributed by atoms with Gasteiger partial charge in [-0.2, -0.15) is 0 Å². The Balaban J connectivity index is 2.11. The number of rotatable bonds is 7. The number of nitrogens with one attached hydrogen (secondary N) is 1. The first-order valence-corrected chi connectivity index (χ1v) is 10.4. The van der Waals surface area contributed by atoms with Gasteiger partial charge in [0.2, 0.25) is 5.91 Å². The number of aromatic nitrogens is 2. The van der Waals surface area contributed by atoms with Gasteiger partial charge in [-0.05, 0) is 74.6 Å². The maximum absolute atomic E-state index is 13.3. The van der Waals surface area contributed by atoms with Crippen LogP contribution in [0.15, 0.2) is 36.4 Å². The quantitative estimate of drug-likeness (QED) is 0.594. The van der Waals surface area contributed by atoms with Gasteiger partial charge in [0, 0.05) is 12.5 Å². The molecule has 1 aromatic heterocycles. The van der Waals surface area contributed by atoms with E-state index in [4.69, 9.17) is 4.98 Å². The fourth-order valence-corrected chi connectivity index (χ4v) is 3.58. The first-order valence-electron chi connectivity index (χ1n) is 10.4. The molecule has 0 bridgehead atoms. The van der Waals surface area contributed by atoms with Crippen molar-refractivity contribution >= 4 is 16.9 Å². The molecule has 0 fully saturated rings. The zero-order chi connectivity index (χ0) is 21.1. The molecule has 3 rings (SSSR count). The molecule has 5 heteroatoms. The molecule has 1 heterocycles. The summed E-state index contributed by atoms with van der Waals surface area (Å²) < 4.78 is 15.4. The highest BCUT2D eigenvalue weighted by atomic mass is 19.1. The van der Waals surface area contributed by atoms with Gasteiger partial charge in [-0.3, -0.25) is 4.79 Å². The fraction of sp³-hybridized carbons (Fsp3) is 0.417. The van der Waals surface area contributed by atoms with E-state index in [2.05, 4.69) is 42.8 Å². The van der Waals surface area contributed by atoms with Crippen LogP contribution in [-0.2, 0) is 11.2 Å². The lowest BCUT2D eigenvalue weighted by Gasteiger charge is -2.22. The Morgan fingerprint density at radius 2 is 1.76 bits per heavy atom. The van der Waals surface area contributed by atoms with Gasteiger partial charge >= 0.3 is 0 Å². The smallest absolute Gasteiger partial charge is 0.243 e. The van der Waals surface area contributed by atoms with E-state index >= 15 is 0 Å². The molecule has 29 heavy (non-hydrogen) atoms. The van der Waals surface area contributed by atoms with Crippen molar-refractivity contribution in [2.45, 2.75) is 66.0 Å². The average molecular weight is 396 g/mol. The summed E-state index contributed by atoms with van der Waals surface area (Å²) in [6, 6.07) is 10.4. The second-order valence-corrected chi connectivity index (χ2v) is 7.87. The van der Waals surface area contributed by atoms with Gasteiger partial charge in [-0.1, -0.05) is 26.0 Å². The van der Waals surface area contributed by atoms with E-state index in [9.17, 15) is 9.18 Å². The summed E-state index contributed by atoms with van der Waals surface area (Å²) in [6.45, 7) is 10.2. The summed E-state index contributed by atoms with van der Waals surface area (Å²) >= 11 is 0. The molecule has 0 radical (unpaired) electrons. The first-order chi connectivity index (χ1) is 13.8. The van der Waals surface area contributed by atoms with E-state index in [1.165, 1.54) is 23.3 Å². The van der Waals surface area contributed by atoms with Gasteiger partial charge < -0.3 is 9.88 Å². The third kappa shape index (κ3) is 4.50. The van der Waals surface area contributed by atoms with Crippen LogP contribution < -0.4 is 5.32 Å². The zero-order valence-corrected chi connectivity index (χ0v) is 17.9. The van der Waals surface area contributed by atoms with Crippen LogP contribution in [0.2, 0.25) is 0 Å². The van der Waals surface area contributed by atoms with E-state index in [0.717, 1.165) is 28.8 Å². The van der Waals surface area contributed by atoms with Gasteiger partial charge in [-0.25, -0.2) is 9.37 Å². The molecular formula is C24H30FN3O. The molecule has 2 atom stereocenters. The Kier molecular flexibility index (Phi) is 6.36. The molecule has 0 saturated carbocycles. The van der Waals surface area contributed by atoms with Crippen molar-refractivity contribution < 1.29 is 9.18 Å². The SMILES string of the molecule is CC[C@H](C(=O)N[C@@H](C)CC)n1c(Cc2ccc(F)cc2)nc2cc(C)c(C)cc21. The molecule has 2 aromatic carbocycles. The van der Waals surface area contributed by atoms with Crippen molar-refractivity contribution in [3.8, 4) is 0 Å². The molecule has 4 nitrogen and oxygen atoms in total. The highest BCUT2D eigenvalue weighted by Crippen LogP contribution is 2.28. The lowest BCUT2D eigenvalue weighted by molar-refractivity contribution is -0.125. The maximum Gasteiger partial charge on any atom is 0.243 e. The number of carbonyl (C=O) groups excluding carboxylic acids is 1. The van der Waals surface area contributed by atoms with Gasteiger partial charge in [0.05, 0.1) is 11.0 Å². The standard InChI is InChI=1S/C24H30FN3O/c1-6-17(5)26-24(29)21(7-2)28-22-13-16(4)15(3)12-20(22)27-23(28)14-18-8-10-19(25)11-9-18/h8-13,17,21H,6-7,14H2,1-5H3,(H,26,29)/t17-,21+/m0/s1. The predicted octanol–water partition coefficient (Wildman–Crippen LogP) is 5.25. The lowest BCUT2D eigenvalue weighted by Crippen LogP contribution is -2.38. The molecule has 0 spiro atoms. The van der Waals surface area contributed by atoms with Crippen molar-refractivity contribution in [3.05, 3.63) is 64.7 Å². The molecule has 0 aliphatic rings. The molecule has 0 unspecified atom stereocenters. The molecule has 1 N–H and O–H groups in total. The van der Waals surface area contributed by atoms with Crippen molar-refractivity contribution in [1.29, 1.82) is 0 Å². The average Bonchev–Trinajstić information content (AvgIpc) is 3.01. The minimum atomic E-state index is -0.341. The van der Waals surface area contributed by atoms with Crippen LogP contribution in [0.5, 0.6) is 0 Å². The van der Waals surface area contributed by atoms with E-state index in [1.54, 1.807) is 12.1 Å². The van der Waals surface area contributed by atoms with Gasteiger partial charge in [-0.15, -0.1) is 0 Å². The highest BCUT2D eigenvalue weighted by Gasteiger charge is 2.25. The monoisotopic (exact) mass is 395 g/mol. The van der Waals surface area contributed by atoms with Crippen LogP contribution in [0, 0.1) is 19.7 Å².